The van der Waals surface area contributed by atoms with Gasteiger partial charge in [-0.1, -0.05) is 6.07 Å². The molecule has 0 unspecified atom stereocenters. The molecule has 1 amide bonds. The lowest BCUT2D eigenvalue weighted by Crippen LogP contribution is -2.28. The molecule has 1 aromatic heterocycles. The molecule has 0 atom stereocenters. The summed E-state index contributed by atoms with van der Waals surface area (Å²) in [4.78, 5) is 19.5. The minimum atomic E-state index is -3.51. The first-order chi connectivity index (χ1) is 14.8. The van der Waals surface area contributed by atoms with Crippen LogP contribution in [0.1, 0.15) is 26.6 Å². The third-order valence-electron chi connectivity index (χ3n) is 5.10. The third kappa shape index (κ3) is 4.34. The normalized spacial score (nSPS) is 13.5. The van der Waals surface area contributed by atoms with Crippen LogP contribution in [-0.2, 0) is 23.1 Å². The summed E-state index contributed by atoms with van der Waals surface area (Å²) in [6.07, 6.45) is 0.608. The first kappa shape index (κ1) is 21.5. The number of aryl methyl sites for hydroxylation is 1. The van der Waals surface area contributed by atoms with Gasteiger partial charge in [0.1, 0.15) is 12.4 Å². The standard InChI is InChI=1S/C22H23N3O4S2/c1-15-23-18(14-30-15)13-29-19-6-4-5-17(11-19)22(26)25-10-9-16-12-20(7-8-21(16)25)31(27,28)24(2)3/h4-8,11-12,14H,9-10,13H2,1-3H3. The molecule has 0 aliphatic carbocycles. The van der Waals surface area contributed by atoms with E-state index in [-0.39, 0.29) is 10.8 Å². The van der Waals surface area contributed by atoms with Crippen molar-refractivity contribution in [1.29, 1.82) is 0 Å². The zero-order valence-corrected chi connectivity index (χ0v) is 19.2. The molecule has 0 saturated carbocycles. The number of carbonyl (C=O) groups excluding carboxylic acids is 1. The maximum absolute atomic E-state index is 13.2. The van der Waals surface area contributed by atoms with E-state index in [4.69, 9.17) is 4.74 Å². The topological polar surface area (TPSA) is 79.8 Å². The van der Waals surface area contributed by atoms with E-state index < -0.39 is 10.0 Å². The Morgan fingerprint density at radius 1 is 1.23 bits per heavy atom. The van der Waals surface area contributed by atoms with Crippen molar-refractivity contribution >= 4 is 33.0 Å². The molecule has 0 saturated heterocycles. The van der Waals surface area contributed by atoms with Gasteiger partial charge >= 0.3 is 0 Å². The summed E-state index contributed by atoms with van der Waals surface area (Å²) < 4.78 is 31.8. The maximum Gasteiger partial charge on any atom is 0.258 e. The minimum Gasteiger partial charge on any atom is -0.487 e. The Balaban J connectivity index is 1.52. The first-order valence-electron chi connectivity index (χ1n) is 9.77. The van der Waals surface area contributed by atoms with Crippen molar-refractivity contribution in [2.45, 2.75) is 24.8 Å². The van der Waals surface area contributed by atoms with Crippen LogP contribution in [-0.4, -0.2) is 44.3 Å². The Kier molecular flexibility index (Phi) is 5.83. The number of rotatable bonds is 6. The first-order valence-corrected chi connectivity index (χ1v) is 12.1. The molecule has 0 N–H and O–H groups in total. The highest BCUT2D eigenvalue weighted by Crippen LogP contribution is 2.32. The highest BCUT2D eigenvalue weighted by atomic mass is 32.2. The van der Waals surface area contributed by atoms with Gasteiger partial charge in [0.2, 0.25) is 10.0 Å². The molecule has 0 bridgehead atoms. The van der Waals surface area contributed by atoms with E-state index in [1.807, 2.05) is 18.4 Å². The summed E-state index contributed by atoms with van der Waals surface area (Å²) in [7, 11) is -0.507. The zero-order chi connectivity index (χ0) is 22.2. The maximum atomic E-state index is 13.2. The number of hydrogen-bond donors (Lipinski definition) is 0. The summed E-state index contributed by atoms with van der Waals surface area (Å²) in [5.74, 6) is 0.459. The van der Waals surface area contributed by atoms with Gasteiger partial charge in [-0.25, -0.2) is 17.7 Å². The minimum absolute atomic E-state index is 0.142. The van der Waals surface area contributed by atoms with Gasteiger partial charge in [0, 0.05) is 37.3 Å². The number of thiazole rings is 1. The quantitative estimate of drug-likeness (QED) is 0.566. The Morgan fingerprint density at radius 3 is 2.74 bits per heavy atom. The van der Waals surface area contributed by atoms with Crippen LogP contribution in [0.25, 0.3) is 0 Å². The van der Waals surface area contributed by atoms with E-state index in [0.29, 0.717) is 30.9 Å². The zero-order valence-electron chi connectivity index (χ0n) is 17.5. The van der Waals surface area contributed by atoms with Gasteiger partial charge in [-0.2, -0.15) is 0 Å². The van der Waals surface area contributed by atoms with Gasteiger partial charge in [-0.3, -0.25) is 4.79 Å². The molecule has 31 heavy (non-hydrogen) atoms. The number of benzene rings is 2. The number of aromatic nitrogens is 1. The SMILES string of the molecule is Cc1nc(COc2cccc(C(=O)N3CCc4cc(S(=O)(=O)N(C)C)ccc43)c2)cs1. The van der Waals surface area contributed by atoms with Crippen LogP contribution in [0.2, 0.25) is 0 Å². The molecular weight excluding hydrogens is 434 g/mol. The molecule has 1 aliphatic heterocycles. The van der Waals surface area contributed by atoms with Gasteiger partial charge < -0.3 is 9.64 Å². The Hall–Kier alpha value is -2.75. The lowest BCUT2D eigenvalue weighted by molar-refractivity contribution is 0.0989. The summed E-state index contributed by atoms with van der Waals surface area (Å²) in [5, 5.41) is 2.94. The highest BCUT2D eigenvalue weighted by molar-refractivity contribution is 7.89. The molecule has 7 nitrogen and oxygen atoms in total. The Bertz CT molecular complexity index is 1240. The van der Waals surface area contributed by atoms with Crippen LogP contribution in [0, 0.1) is 6.92 Å². The lowest BCUT2D eigenvalue weighted by Gasteiger charge is -2.18. The molecule has 1 aliphatic rings. The molecule has 162 valence electrons. The summed E-state index contributed by atoms with van der Waals surface area (Å²) in [5.41, 5.74) is 2.97. The molecule has 4 rings (SSSR count). The average molecular weight is 458 g/mol. The van der Waals surface area contributed by atoms with Crippen molar-refractivity contribution in [3.8, 4) is 5.75 Å². The van der Waals surface area contributed by atoms with E-state index in [0.717, 1.165) is 22.0 Å². The number of ether oxygens (including phenoxy) is 1. The van der Waals surface area contributed by atoms with Crippen molar-refractivity contribution in [2.75, 3.05) is 25.5 Å². The van der Waals surface area contributed by atoms with Gasteiger partial charge in [-0.15, -0.1) is 11.3 Å². The van der Waals surface area contributed by atoms with Crippen LogP contribution < -0.4 is 9.64 Å². The third-order valence-corrected chi connectivity index (χ3v) is 7.74. The summed E-state index contributed by atoms with van der Waals surface area (Å²) in [6, 6.07) is 12.0. The number of anilines is 1. The Labute approximate surface area is 186 Å². The molecule has 3 aromatic rings. The number of carbonyl (C=O) groups is 1. The number of sulfonamides is 1. The van der Waals surface area contributed by atoms with Gasteiger partial charge in [0.05, 0.1) is 15.6 Å². The predicted molar refractivity (Wildman–Crippen MR) is 120 cm³/mol. The number of fused-ring (bicyclic) bond motifs is 1. The second-order valence-electron chi connectivity index (χ2n) is 7.46. The number of nitrogens with zero attached hydrogens (tertiary/aromatic N) is 3. The van der Waals surface area contributed by atoms with E-state index in [1.165, 1.54) is 18.4 Å². The fourth-order valence-electron chi connectivity index (χ4n) is 3.47. The van der Waals surface area contributed by atoms with E-state index in [9.17, 15) is 13.2 Å². The van der Waals surface area contributed by atoms with Gasteiger partial charge in [0.25, 0.3) is 5.91 Å². The van der Waals surface area contributed by atoms with Crippen molar-refractivity contribution in [3.63, 3.8) is 0 Å². The van der Waals surface area contributed by atoms with Crippen molar-refractivity contribution in [1.82, 2.24) is 9.29 Å². The predicted octanol–water partition coefficient (Wildman–Crippen LogP) is 3.48. The molecule has 0 radical (unpaired) electrons. The van der Waals surface area contributed by atoms with Gasteiger partial charge in [0.15, 0.2) is 0 Å². The number of hydrogen-bond acceptors (Lipinski definition) is 6. The highest BCUT2D eigenvalue weighted by Gasteiger charge is 2.28. The fraction of sp³-hybridized carbons (Fsp3) is 0.273. The monoisotopic (exact) mass is 457 g/mol. The van der Waals surface area contributed by atoms with E-state index in [2.05, 4.69) is 4.98 Å². The van der Waals surface area contributed by atoms with Crippen LogP contribution in [0.3, 0.4) is 0 Å². The van der Waals surface area contributed by atoms with Crippen molar-refractivity contribution < 1.29 is 17.9 Å². The van der Waals surface area contributed by atoms with Crippen LogP contribution >= 0.6 is 11.3 Å². The fourth-order valence-corrected chi connectivity index (χ4v) is 5.02. The molecule has 0 fully saturated rings. The summed E-state index contributed by atoms with van der Waals surface area (Å²) in [6.45, 7) is 2.79. The Morgan fingerprint density at radius 2 is 2.03 bits per heavy atom. The summed E-state index contributed by atoms with van der Waals surface area (Å²) >= 11 is 1.57. The smallest absolute Gasteiger partial charge is 0.258 e. The largest absolute Gasteiger partial charge is 0.487 e. The molecule has 0 spiro atoms. The lowest BCUT2D eigenvalue weighted by atomic mass is 10.1. The molecule has 2 heterocycles. The van der Waals surface area contributed by atoms with E-state index >= 15 is 0 Å². The average Bonchev–Trinajstić information content (AvgIpc) is 3.37. The molecule has 9 heteroatoms. The van der Waals surface area contributed by atoms with Crippen molar-refractivity contribution in [3.05, 3.63) is 69.7 Å². The van der Waals surface area contributed by atoms with E-state index in [1.54, 1.807) is 52.6 Å². The van der Waals surface area contributed by atoms with Crippen LogP contribution in [0.15, 0.2) is 52.7 Å². The second kappa shape index (κ2) is 8.41. The van der Waals surface area contributed by atoms with Crippen molar-refractivity contribution in [2.24, 2.45) is 0 Å². The van der Waals surface area contributed by atoms with Crippen LogP contribution in [0.5, 0.6) is 5.75 Å². The van der Waals surface area contributed by atoms with Gasteiger partial charge in [-0.05, 0) is 55.3 Å². The second-order valence-corrected chi connectivity index (χ2v) is 10.7. The van der Waals surface area contributed by atoms with Crippen LogP contribution in [0.4, 0.5) is 5.69 Å². The molecule has 2 aromatic carbocycles. The number of amides is 1. The molecular formula is C22H23N3O4S2.